The number of anilines is 1. The van der Waals surface area contributed by atoms with Crippen LogP contribution in [0.1, 0.15) is 23.7 Å². The van der Waals surface area contributed by atoms with Gasteiger partial charge in [0.2, 0.25) is 5.91 Å². The average Bonchev–Trinajstić information content (AvgIpc) is 3.29. The summed E-state index contributed by atoms with van der Waals surface area (Å²) in [5.74, 6) is 1.80. The summed E-state index contributed by atoms with van der Waals surface area (Å²) in [6.45, 7) is 2.57. The lowest BCUT2D eigenvalue weighted by Gasteiger charge is -2.16. The molecule has 0 unspecified atom stereocenters. The van der Waals surface area contributed by atoms with Crippen LogP contribution in [0, 0.1) is 6.92 Å². The summed E-state index contributed by atoms with van der Waals surface area (Å²) in [6, 6.07) is 15.4. The van der Waals surface area contributed by atoms with Crippen molar-refractivity contribution < 1.29 is 14.1 Å². The van der Waals surface area contributed by atoms with Crippen LogP contribution in [0.4, 0.5) is 5.69 Å². The fourth-order valence-electron chi connectivity index (χ4n) is 3.11. The van der Waals surface area contributed by atoms with Crippen LogP contribution < -0.4 is 9.64 Å². The average molecular weight is 349 g/mol. The predicted octanol–water partition coefficient (Wildman–Crippen LogP) is 3.57. The number of aryl methyl sites for hydroxylation is 1. The van der Waals surface area contributed by atoms with E-state index >= 15 is 0 Å². The molecule has 0 aliphatic carbocycles. The van der Waals surface area contributed by atoms with Gasteiger partial charge in [-0.05, 0) is 43.3 Å². The van der Waals surface area contributed by atoms with Crippen LogP contribution in [-0.4, -0.2) is 29.7 Å². The number of amides is 1. The fraction of sp³-hybridized carbons (Fsp3) is 0.250. The zero-order chi connectivity index (χ0) is 18.1. The van der Waals surface area contributed by atoms with E-state index in [0.29, 0.717) is 24.7 Å². The molecule has 1 saturated heterocycles. The molecule has 1 aromatic heterocycles. The third-order valence-electron chi connectivity index (χ3n) is 4.61. The molecule has 3 aromatic rings. The topological polar surface area (TPSA) is 68.5 Å². The number of aromatic nitrogens is 2. The van der Waals surface area contributed by atoms with E-state index in [4.69, 9.17) is 9.26 Å². The second-order valence-corrected chi connectivity index (χ2v) is 6.43. The lowest BCUT2D eigenvalue weighted by molar-refractivity contribution is -0.117. The highest BCUT2D eigenvalue weighted by Gasteiger charge is 2.34. The van der Waals surface area contributed by atoms with Gasteiger partial charge in [-0.1, -0.05) is 22.9 Å². The van der Waals surface area contributed by atoms with Gasteiger partial charge in [-0.3, -0.25) is 4.79 Å². The summed E-state index contributed by atoms with van der Waals surface area (Å²) < 4.78 is 10.6. The molecule has 2 aromatic carbocycles. The van der Waals surface area contributed by atoms with Crippen LogP contribution in [-0.2, 0) is 4.79 Å². The van der Waals surface area contributed by atoms with E-state index in [-0.39, 0.29) is 11.8 Å². The van der Waals surface area contributed by atoms with Crippen molar-refractivity contribution in [3.63, 3.8) is 0 Å². The molecule has 26 heavy (non-hydrogen) atoms. The number of nitrogens with zero attached hydrogens (tertiary/aromatic N) is 3. The van der Waals surface area contributed by atoms with Crippen molar-refractivity contribution in [1.82, 2.24) is 10.1 Å². The Balaban J connectivity index is 1.52. The zero-order valence-electron chi connectivity index (χ0n) is 14.7. The highest BCUT2D eigenvalue weighted by atomic mass is 16.5. The molecule has 0 spiro atoms. The molecular formula is C20H19N3O3. The van der Waals surface area contributed by atoms with Crippen LogP contribution in [0.25, 0.3) is 11.5 Å². The molecule has 6 nitrogen and oxygen atoms in total. The molecule has 6 heteroatoms. The van der Waals surface area contributed by atoms with Gasteiger partial charge in [0.1, 0.15) is 5.75 Å². The number of carbonyl (C=O) groups is 1. The first-order valence-corrected chi connectivity index (χ1v) is 8.49. The molecule has 132 valence electrons. The fourth-order valence-corrected chi connectivity index (χ4v) is 3.11. The molecule has 2 heterocycles. The summed E-state index contributed by atoms with van der Waals surface area (Å²) in [5.41, 5.74) is 2.90. The van der Waals surface area contributed by atoms with E-state index in [2.05, 4.69) is 10.1 Å². The number of hydrogen-bond donors (Lipinski definition) is 0. The van der Waals surface area contributed by atoms with Crippen molar-refractivity contribution >= 4 is 11.6 Å². The van der Waals surface area contributed by atoms with E-state index in [1.165, 1.54) is 5.56 Å². The van der Waals surface area contributed by atoms with E-state index < -0.39 is 0 Å². The first-order valence-electron chi connectivity index (χ1n) is 8.49. The van der Waals surface area contributed by atoms with Gasteiger partial charge in [-0.25, -0.2) is 0 Å². The minimum atomic E-state index is -0.0763. The van der Waals surface area contributed by atoms with E-state index in [1.54, 1.807) is 12.0 Å². The Morgan fingerprint density at radius 2 is 1.85 bits per heavy atom. The van der Waals surface area contributed by atoms with Crippen molar-refractivity contribution in [2.75, 3.05) is 18.6 Å². The SMILES string of the molecule is COc1ccc(N2C[C@@H](c3noc(-c4ccc(C)cc4)n3)CC2=O)cc1. The Kier molecular flexibility index (Phi) is 4.16. The summed E-state index contributed by atoms with van der Waals surface area (Å²) in [4.78, 5) is 18.7. The quantitative estimate of drug-likeness (QED) is 0.720. The highest BCUT2D eigenvalue weighted by Crippen LogP contribution is 2.32. The summed E-state index contributed by atoms with van der Waals surface area (Å²) in [5, 5.41) is 4.10. The molecule has 0 bridgehead atoms. The normalized spacial score (nSPS) is 16.9. The number of ether oxygens (including phenoxy) is 1. The largest absolute Gasteiger partial charge is 0.497 e. The molecule has 0 N–H and O–H groups in total. The van der Waals surface area contributed by atoms with Gasteiger partial charge >= 0.3 is 0 Å². The van der Waals surface area contributed by atoms with Gasteiger partial charge in [-0.2, -0.15) is 4.98 Å². The molecule has 1 atom stereocenters. The van der Waals surface area contributed by atoms with Crippen molar-refractivity contribution in [3.05, 3.63) is 59.9 Å². The van der Waals surface area contributed by atoms with Crippen molar-refractivity contribution in [1.29, 1.82) is 0 Å². The third-order valence-corrected chi connectivity index (χ3v) is 4.61. The number of rotatable bonds is 4. The predicted molar refractivity (Wildman–Crippen MR) is 97.2 cm³/mol. The van der Waals surface area contributed by atoms with Gasteiger partial charge in [-0.15, -0.1) is 0 Å². The van der Waals surface area contributed by atoms with Crippen LogP contribution in [0.2, 0.25) is 0 Å². The lowest BCUT2D eigenvalue weighted by atomic mass is 10.1. The van der Waals surface area contributed by atoms with Crippen molar-refractivity contribution in [2.45, 2.75) is 19.3 Å². The summed E-state index contributed by atoms with van der Waals surface area (Å²) in [6.07, 6.45) is 0.374. The standard InChI is InChI=1S/C20H19N3O3/c1-13-3-5-14(6-4-13)20-21-19(22-26-20)15-11-18(24)23(12-15)16-7-9-17(25-2)10-8-16/h3-10,15H,11-12H2,1-2H3/t15-/m0/s1. The third kappa shape index (κ3) is 3.06. The van der Waals surface area contributed by atoms with Gasteiger partial charge in [0, 0.05) is 30.1 Å². The minimum Gasteiger partial charge on any atom is -0.497 e. The number of hydrogen-bond acceptors (Lipinski definition) is 5. The minimum absolute atomic E-state index is 0.0573. The Hall–Kier alpha value is -3.15. The Labute approximate surface area is 151 Å². The molecule has 1 amide bonds. The maximum atomic E-state index is 12.4. The maximum absolute atomic E-state index is 12.4. The van der Waals surface area contributed by atoms with Gasteiger partial charge in [0.15, 0.2) is 5.82 Å². The molecule has 4 rings (SSSR count). The Bertz CT molecular complexity index is 916. The van der Waals surface area contributed by atoms with Gasteiger partial charge in [0.05, 0.1) is 7.11 Å². The Morgan fingerprint density at radius 1 is 1.12 bits per heavy atom. The highest BCUT2D eigenvalue weighted by molar-refractivity contribution is 5.96. The molecule has 0 saturated carbocycles. The second-order valence-electron chi connectivity index (χ2n) is 6.43. The second kappa shape index (κ2) is 6.63. The number of carbonyl (C=O) groups excluding carboxylic acids is 1. The molecule has 1 fully saturated rings. The van der Waals surface area contributed by atoms with Crippen LogP contribution in [0.3, 0.4) is 0 Å². The first-order chi connectivity index (χ1) is 12.6. The molecule has 1 aliphatic rings. The maximum Gasteiger partial charge on any atom is 0.257 e. The molecular weight excluding hydrogens is 330 g/mol. The smallest absolute Gasteiger partial charge is 0.257 e. The van der Waals surface area contributed by atoms with E-state index in [1.807, 2.05) is 55.5 Å². The van der Waals surface area contributed by atoms with E-state index in [0.717, 1.165) is 17.0 Å². The van der Waals surface area contributed by atoms with Crippen LogP contribution >= 0.6 is 0 Å². The summed E-state index contributed by atoms with van der Waals surface area (Å²) >= 11 is 0. The summed E-state index contributed by atoms with van der Waals surface area (Å²) in [7, 11) is 1.62. The van der Waals surface area contributed by atoms with Gasteiger partial charge in [0.25, 0.3) is 5.89 Å². The zero-order valence-corrected chi connectivity index (χ0v) is 14.7. The Morgan fingerprint density at radius 3 is 2.54 bits per heavy atom. The first kappa shape index (κ1) is 16.3. The van der Waals surface area contributed by atoms with E-state index in [9.17, 15) is 4.79 Å². The molecule has 0 radical (unpaired) electrons. The van der Waals surface area contributed by atoms with Crippen molar-refractivity contribution in [3.8, 4) is 17.2 Å². The number of benzene rings is 2. The molecule has 1 aliphatic heterocycles. The van der Waals surface area contributed by atoms with Crippen LogP contribution in [0.15, 0.2) is 53.1 Å². The van der Waals surface area contributed by atoms with Gasteiger partial charge < -0.3 is 14.2 Å². The number of methoxy groups -OCH3 is 1. The van der Waals surface area contributed by atoms with Crippen LogP contribution in [0.5, 0.6) is 5.75 Å². The van der Waals surface area contributed by atoms with Crippen molar-refractivity contribution in [2.24, 2.45) is 0 Å². The monoisotopic (exact) mass is 349 g/mol. The lowest BCUT2D eigenvalue weighted by Crippen LogP contribution is -2.24.